The monoisotopic (exact) mass is 207 g/mol. The Morgan fingerprint density at radius 1 is 1.57 bits per heavy atom. The number of terminal acetylenes is 1. The van der Waals surface area contributed by atoms with Crippen LogP contribution in [0.2, 0.25) is 0 Å². The molecule has 3 nitrogen and oxygen atoms in total. The topological polar surface area (TPSA) is 37.8 Å². The number of hydrogen-bond donors (Lipinski definition) is 1. The molecule has 1 aromatic rings. The molecular weight excluding hydrogens is 194 g/mol. The van der Waals surface area contributed by atoms with Gasteiger partial charge in [-0.25, -0.2) is 9.97 Å². The third-order valence-electron chi connectivity index (χ3n) is 1.51. The van der Waals surface area contributed by atoms with Gasteiger partial charge in [-0.1, -0.05) is 24.6 Å². The second kappa shape index (κ2) is 6.41. The number of nitrogens with zero attached hydrogens (tertiary/aromatic N) is 2. The zero-order valence-electron chi connectivity index (χ0n) is 8.10. The lowest BCUT2D eigenvalue weighted by molar-refractivity contribution is 0.745. The number of hydrogen-bond acceptors (Lipinski definition) is 4. The van der Waals surface area contributed by atoms with Gasteiger partial charge in [0, 0.05) is 24.2 Å². The Labute approximate surface area is 88.7 Å². The lowest BCUT2D eigenvalue weighted by Gasteiger charge is -2.08. The highest BCUT2D eigenvalue weighted by Crippen LogP contribution is 2.16. The average molecular weight is 207 g/mol. The van der Waals surface area contributed by atoms with Crippen molar-refractivity contribution in [1.82, 2.24) is 15.3 Å². The summed E-state index contributed by atoms with van der Waals surface area (Å²) < 4.78 is 0. The standard InChI is InChI=1S/C10H13N3S/c1-3-5-11-8-9(2)14-10-12-6-4-7-13-10/h1,4,6-7,9,11H,5,8H2,2H3. The predicted molar refractivity (Wildman–Crippen MR) is 59.1 cm³/mol. The number of rotatable bonds is 5. The molecule has 0 aliphatic carbocycles. The maximum Gasteiger partial charge on any atom is 0.187 e. The van der Waals surface area contributed by atoms with Crippen molar-refractivity contribution in [3.8, 4) is 12.3 Å². The van der Waals surface area contributed by atoms with E-state index in [4.69, 9.17) is 6.42 Å². The molecule has 0 aliphatic heterocycles. The minimum Gasteiger partial charge on any atom is -0.305 e. The summed E-state index contributed by atoms with van der Waals surface area (Å²) in [7, 11) is 0. The van der Waals surface area contributed by atoms with E-state index in [1.807, 2.05) is 6.07 Å². The van der Waals surface area contributed by atoms with E-state index in [2.05, 4.69) is 28.1 Å². The first-order chi connectivity index (χ1) is 6.83. The van der Waals surface area contributed by atoms with E-state index in [0.717, 1.165) is 11.7 Å². The summed E-state index contributed by atoms with van der Waals surface area (Å²) in [6, 6.07) is 1.81. The van der Waals surface area contributed by atoms with E-state index >= 15 is 0 Å². The molecule has 0 aromatic carbocycles. The fourth-order valence-electron chi connectivity index (χ4n) is 0.915. The molecule has 0 saturated carbocycles. The van der Waals surface area contributed by atoms with Gasteiger partial charge in [0.1, 0.15) is 0 Å². The molecule has 74 valence electrons. The zero-order valence-corrected chi connectivity index (χ0v) is 8.92. The third-order valence-corrected chi connectivity index (χ3v) is 2.50. The van der Waals surface area contributed by atoms with Crippen LogP contribution in [0.5, 0.6) is 0 Å². The van der Waals surface area contributed by atoms with Crippen molar-refractivity contribution in [3.05, 3.63) is 18.5 Å². The van der Waals surface area contributed by atoms with Crippen molar-refractivity contribution in [2.45, 2.75) is 17.3 Å². The Morgan fingerprint density at radius 2 is 2.29 bits per heavy atom. The molecule has 0 amide bonds. The molecular formula is C10H13N3S. The zero-order chi connectivity index (χ0) is 10.2. The van der Waals surface area contributed by atoms with Crippen LogP contribution < -0.4 is 5.32 Å². The van der Waals surface area contributed by atoms with Gasteiger partial charge in [0.15, 0.2) is 5.16 Å². The van der Waals surface area contributed by atoms with E-state index in [0.29, 0.717) is 11.8 Å². The fourth-order valence-corrected chi connectivity index (χ4v) is 1.72. The van der Waals surface area contributed by atoms with Crippen molar-refractivity contribution >= 4 is 11.8 Å². The van der Waals surface area contributed by atoms with E-state index in [1.54, 1.807) is 24.2 Å². The highest BCUT2D eigenvalue weighted by molar-refractivity contribution is 7.99. The van der Waals surface area contributed by atoms with E-state index in [-0.39, 0.29) is 0 Å². The first-order valence-electron chi connectivity index (χ1n) is 4.41. The van der Waals surface area contributed by atoms with Crippen LogP contribution in [-0.4, -0.2) is 28.3 Å². The van der Waals surface area contributed by atoms with E-state index in [9.17, 15) is 0 Å². The summed E-state index contributed by atoms with van der Waals surface area (Å²) in [5, 5.41) is 4.37. The molecule has 1 aromatic heterocycles. The van der Waals surface area contributed by atoms with Crippen molar-refractivity contribution in [3.63, 3.8) is 0 Å². The van der Waals surface area contributed by atoms with E-state index in [1.165, 1.54) is 0 Å². The largest absolute Gasteiger partial charge is 0.305 e. The molecule has 0 radical (unpaired) electrons. The predicted octanol–water partition coefficient (Wildman–Crippen LogP) is 1.18. The number of nitrogens with one attached hydrogen (secondary N) is 1. The molecule has 1 rings (SSSR count). The van der Waals surface area contributed by atoms with Crippen molar-refractivity contribution < 1.29 is 0 Å². The molecule has 14 heavy (non-hydrogen) atoms. The van der Waals surface area contributed by atoms with Crippen molar-refractivity contribution in [2.24, 2.45) is 0 Å². The number of aromatic nitrogens is 2. The molecule has 4 heteroatoms. The van der Waals surface area contributed by atoms with Gasteiger partial charge in [-0.05, 0) is 6.07 Å². The average Bonchev–Trinajstić information content (AvgIpc) is 2.20. The molecule has 1 atom stereocenters. The lowest BCUT2D eigenvalue weighted by Crippen LogP contribution is -2.22. The molecule has 1 N–H and O–H groups in total. The summed E-state index contributed by atoms with van der Waals surface area (Å²) in [5.74, 6) is 2.54. The molecule has 0 fully saturated rings. The minimum absolute atomic E-state index is 0.422. The minimum atomic E-state index is 0.422. The van der Waals surface area contributed by atoms with Crippen LogP contribution in [0.1, 0.15) is 6.92 Å². The van der Waals surface area contributed by atoms with Gasteiger partial charge in [-0.3, -0.25) is 0 Å². The summed E-state index contributed by atoms with van der Waals surface area (Å²) in [4.78, 5) is 8.26. The second-order valence-corrected chi connectivity index (χ2v) is 4.20. The van der Waals surface area contributed by atoms with Crippen LogP contribution in [0.25, 0.3) is 0 Å². The SMILES string of the molecule is C#CCNCC(C)Sc1ncccn1. The normalized spacial score (nSPS) is 12.0. The van der Waals surface area contributed by atoms with Crippen LogP contribution in [0.15, 0.2) is 23.6 Å². The first kappa shape index (κ1) is 11.0. The van der Waals surface area contributed by atoms with Gasteiger partial charge in [0.25, 0.3) is 0 Å². The molecule has 0 bridgehead atoms. The van der Waals surface area contributed by atoms with E-state index < -0.39 is 0 Å². The maximum atomic E-state index is 5.12. The Hall–Kier alpha value is -1.05. The van der Waals surface area contributed by atoms with Gasteiger partial charge in [0.05, 0.1) is 6.54 Å². The third kappa shape index (κ3) is 4.26. The van der Waals surface area contributed by atoms with Gasteiger partial charge in [-0.2, -0.15) is 0 Å². The summed E-state index contributed by atoms with van der Waals surface area (Å²) >= 11 is 1.64. The van der Waals surface area contributed by atoms with Crippen molar-refractivity contribution in [2.75, 3.05) is 13.1 Å². The van der Waals surface area contributed by atoms with Gasteiger partial charge in [0.2, 0.25) is 0 Å². The Morgan fingerprint density at radius 3 is 2.93 bits per heavy atom. The van der Waals surface area contributed by atoms with Gasteiger partial charge >= 0.3 is 0 Å². The highest BCUT2D eigenvalue weighted by atomic mass is 32.2. The maximum absolute atomic E-state index is 5.12. The number of thioether (sulfide) groups is 1. The Kier molecular flexibility index (Phi) is 5.05. The summed E-state index contributed by atoms with van der Waals surface area (Å²) in [5.41, 5.74) is 0. The summed E-state index contributed by atoms with van der Waals surface area (Å²) in [6.45, 7) is 3.60. The van der Waals surface area contributed by atoms with Crippen LogP contribution in [0, 0.1) is 12.3 Å². The van der Waals surface area contributed by atoms with Crippen molar-refractivity contribution in [1.29, 1.82) is 0 Å². The quantitative estimate of drug-likeness (QED) is 0.340. The molecule has 1 unspecified atom stereocenters. The molecule has 0 saturated heterocycles. The fraction of sp³-hybridized carbons (Fsp3) is 0.400. The van der Waals surface area contributed by atoms with Crippen LogP contribution in [0.4, 0.5) is 0 Å². The van der Waals surface area contributed by atoms with Crippen LogP contribution in [0.3, 0.4) is 0 Å². The second-order valence-electron chi connectivity index (χ2n) is 2.79. The smallest absolute Gasteiger partial charge is 0.187 e. The molecule has 0 spiro atoms. The molecule has 1 heterocycles. The first-order valence-corrected chi connectivity index (χ1v) is 5.28. The summed E-state index contributed by atoms with van der Waals surface area (Å²) in [6.07, 6.45) is 8.62. The van der Waals surface area contributed by atoms with Gasteiger partial charge in [-0.15, -0.1) is 6.42 Å². The van der Waals surface area contributed by atoms with Crippen LogP contribution in [-0.2, 0) is 0 Å². The highest BCUT2D eigenvalue weighted by Gasteiger charge is 2.04. The lowest BCUT2D eigenvalue weighted by atomic mass is 10.4. The van der Waals surface area contributed by atoms with Crippen LogP contribution >= 0.6 is 11.8 Å². The Balaban J connectivity index is 2.28. The Bertz CT molecular complexity index is 294. The molecule has 0 aliphatic rings. The van der Waals surface area contributed by atoms with Gasteiger partial charge < -0.3 is 5.32 Å².